The third-order valence-corrected chi connectivity index (χ3v) is 2.74. The number of nitrogens with one attached hydrogen (secondary N) is 2. The maximum absolute atomic E-state index is 11.9. The van der Waals surface area contributed by atoms with Gasteiger partial charge in [-0.3, -0.25) is 9.78 Å². The van der Waals surface area contributed by atoms with Crippen molar-refractivity contribution in [2.45, 2.75) is 13.5 Å². The number of amides is 1. The van der Waals surface area contributed by atoms with Gasteiger partial charge < -0.3 is 10.6 Å². The van der Waals surface area contributed by atoms with E-state index in [1.165, 1.54) is 0 Å². The van der Waals surface area contributed by atoms with E-state index in [0.29, 0.717) is 18.7 Å². The van der Waals surface area contributed by atoms with E-state index in [4.69, 9.17) is 0 Å². The Morgan fingerprint density at radius 1 is 1.16 bits per heavy atom. The lowest BCUT2D eigenvalue weighted by Gasteiger charge is -2.11. The van der Waals surface area contributed by atoms with Crippen LogP contribution in [0, 0.1) is 0 Å². The lowest BCUT2D eigenvalue weighted by Crippen LogP contribution is -2.23. The summed E-state index contributed by atoms with van der Waals surface area (Å²) in [5.74, 6) is -0.0553. The Kier molecular flexibility index (Phi) is 4.50. The molecule has 0 aliphatic heterocycles. The van der Waals surface area contributed by atoms with Crippen LogP contribution in [0.15, 0.2) is 48.8 Å². The Labute approximate surface area is 112 Å². The molecule has 2 rings (SSSR count). The van der Waals surface area contributed by atoms with Gasteiger partial charge in [-0.2, -0.15) is 0 Å². The smallest absolute Gasteiger partial charge is 0.253 e. The fourth-order valence-electron chi connectivity index (χ4n) is 1.79. The zero-order valence-corrected chi connectivity index (χ0v) is 10.9. The first-order valence-electron chi connectivity index (χ1n) is 6.31. The maximum Gasteiger partial charge on any atom is 0.253 e. The summed E-state index contributed by atoms with van der Waals surface area (Å²) >= 11 is 0. The largest absolute Gasteiger partial charge is 0.380 e. The van der Waals surface area contributed by atoms with E-state index in [1.54, 1.807) is 12.4 Å². The Balaban J connectivity index is 2.10. The molecular weight excluding hydrogens is 238 g/mol. The second-order valence-electron chi connectivity index (χ2n) is 4.11. The molecule has 0 unspecified atom stereocenters. The fraction of sp³-hybridized carbons (Fsp3) is 0.200. The van der Waals surface area contributed by atoms with E-state index >= 15 is 0 Å². The summed E-state index contributed by atoms with van der Waals surface area (Å²) in [5, 5.41) is 6.09. The summed E-state index contributed by atoms with van der Waals surface area (Å²) in [5.41, 5.74) is 2.63. The minimum atomic E-state index is -0.0553. The van der Waals surface area contributed by atoms with Crippen LogP contribution in [0.1, 0.15) is 22.8 Å². The maximum atomic E-state index is 11.9. The molecule has 1 aromatic carbocycles. The molecule has 2 aromatic rings. The molecule has 0 spiro atoms. The molecule has 0 saturated heterocycles. The number of rotatable bonds is 5. The number of anilines is 1. The van der Waals surface area contributed by atoms with Gasteiger partial charge in [-0.1, -0.05) is 12.1 Å². The Bertz CT molecular complexity index is 540. The lowest BCUT2D eigenvalue weighted by atomic mass is 10.1. The second kappa shape index (κ2) is 6.54. The zero-order valence-electron chi connectivity index (χ0n) is 10.9. The highest BCUT2D eigenvalue weighted by molar-refractivity contribution is 5.99. The molecule has 4 heteroatoms. The number of carbonyl (C=O) groups excluding carboxylic acids is 1. The normalized spacial score (nSPS) is 9.95. The third-order valence-electron chi connectivity index (χ3n) is 2.74. The van der Waals surface area contributed by atoms with E-state index in [9.17, 15) is 4.79 Å². The summed E-state index contributed by atoms with van der Waals surface area (Å²) in [6.07, 6.45) is 3.51. The van der Waals surface area contributed by atoms with Crippen LogP contribution in [0.5, 0.6) is 0 Å². The molecule has 0 saturated carbocycles. The van der Waals surface area contributed by atoms with Gasteiger partial charge in [-0.25, -0.2) is 0 Å². The highest BCUT2D eigenvalue weighted by atomic mass is 16.1. The van der Waals surface area contributed by atoms with Crippen molar-refractivity contribution in [1.82, 2.24) is 10.3 Å². The first kappa shape index (κ1) is 13.1. The quantitative estimate of drug-likeness (QED) is 0.862. The van der Waals surface area contributed by atoms with Gasteiger partial charge in [-0.05, 0) is 36.8 Å². The van der Waals surface area contributed by atoms with Gasteiger partial charge in [0.25, 0.3) is 5.91 Å². The predicted molar refractivity (Wildman–Crippen MR) is 76.0 cm³/mol. The van der Waals surface area contributed by atoms with Gasteiger partial charge in [0.15, 0.2) is 0 Å². The SMILES string of the molecule is CCNC(=O)c1ccccc1NCc1ccncc1. The van der Waals surface area contributed by atoms with Crippen molar-refractivity contribution in [3.8, 4) is 0 Å². The first-order valence-corrected chi connectivity index (χ1v) is 6.31. The van der Waals surface area contributed by atoms with Crippen LogP contribution < -0.4 is 10.6 Å². The molecule has 0 bridgehead atoms. The van der Waals surface area contributed by atoms with Gasteiger partial charge in [0.05, 0.1) is 5.56 Å². The first-order chi connectivity index (χ1) is 9.31. The zero-order chi connectivity index (χ0) is 13.5. The van der Waals surface area contributed by atoms with Crippen LogP contribution in [-0.2, 0) is 6.54 Å². The van der Waals surface area contributed by atoms with Crippen molar-refractivity contribution in [3.63, 3.8) is 0 Å². The van der Waals surface area contributed by atoms with Gasteiger partial charge in [0.2, 0.25) is 0 Å². The molecule has 0 radical (unpaired) electrons. The Hall–Kier alpha value is -2.36. The van der Waals surface area contributed by atoms with Crippen molar-refractivity contribution in [3.05, 3.63) is 59.9 Å². The molecule has 1 aromatic heterocycles. The summed E-state index contributed by atoms with van der Waals surface area (Å²) in [7, 11) is 0. The summed E-state index contributed by atoms with van der Waals surface area (Å²) < 4.78 is 0. The summed E-state index contributed by atoms with van der Waals surface area (Å²) in [6, 6.07) is 11.4. The van der Waals surface area contributed by atoms with E-state index < -0.39 is 0 Å². The van der Waals surface area contributed by atoms with Crippen LogP contribution in [0.3, 0.4) is 0 Å². The van der Waals surface area contributed by atoms with Crippen molar-refractivity contribution in [2.75, 3.05) is 11.9 Å². The van der Waals surface area contributed by atoms with Crippen LogP contribution >= 0.6 is 0 Å². The molecule has 1 heterocycles. The van der Waals surface area contributed by atoms with Crippen molar-refractivity contribution < 1.29 is 4.79 Å². The predicted octanol–water partition coefficient (Wildman–Crippen LogP) is 2.44. The number of hydrogen-bond acceptors (Lipinski definition) is 3. The number of hydrogen-bond donors (Lipinski definition) is 2. The van der Waals surface area contributed by atoms with Gasteiger partial charge in [0, 0.05) is 31.2 Å². The molecular formula is C15H17N3O. The van der Waals surface area contributed by atoms with Gasteiger partial charge >= 0.3 is 0 Å². The second-order valence-corrected chi connectivity index (χ2v) is 4.11. The summed E-state index contributed by atoms with van der Waals surface area (Å²) in [4.78, 5) is 15.9. The van der Waals surface area contributed by atoms with Crippen LogP contribution in [0.25, 0.3) is 0 Å². The topological polar surface area (TPSA) is 54.0 Å². The van der Waals surface area contributed by atoms with E-state index in [-0.39, 0.29) is 5.91 Å². The van der Waals surface area contributed by atoms with Crippen molar-refractivity contribution in [2.24, 2.45) is 0 Å². The minimum absolute atomic E-state index is 0.0553. The number of para-hydroxylation sites is 1. The van der Waals surface area contributed by atoms with Crippen LogP contribution in [0.4, 0.5) is 5.69 Å². The summed E-state index contributed by atoms with van der Waals surface area (Å²) in [6.45, 7) is 3.20. The van der Waals surface area contributed by atoms with E-state index in [2.05, 4.69) is 15.6 Å². The number of carbonyl (C=O) groups is 1. The average molecular weight is 255 g/mol. The monoisotopic (exact) mass is 255 g/mol. The average Bonchev–Trinajstić information content (AvgIpc) is 2.47. The molecule has 0 aliphatic rings. The van der Waals surface area contributed by atoms with Crippen LogP contribution in [0.2, 0.25) is 0 Å². The molecule has 0 fully saturated rings. The fourth-order valence-corrected chi connectivity index (χ4v) is 1.79. The van der Waals surface area contributed by atoms with Crippen molar-refractivity contribution >= 4 is 11.6 Å². The molecule has 98 valence electrons. The highest BCUT2D eigenvalue weighted by Crippen LogP contribution is 2.15. The van der Waals surface area contributed by atoms with Gasteiger partial charge in [-0.15, -0.1) is 0 Å². The van der Waals surface area contributed by atoms with E-state index in [1.807, 2.05) is 43.3 Å². The molecule has 19 heavy (non-hydrogen) atoms. The molecule has 0 aliphatic carbocycles. The number of pyridine rings is 1. The van der Waals surface area contributed by atoms with Gasteiger partial charge in [0.1, 0.15) is 0 Å². The molecule has 0 atom stereocenters. The lowest BCUT2D eigenvalue weighted by molar-refractivity contribution is 0.0956. The number of nitrogens with zero attached hydrogens (tertiary/aromatic N) is 1. The standard InChI is InChI=1S/C15H17N3O/c1-2-17-15(19)13-5-3-4-6-14(13)18-11-12-7-9-16-10-8-12/h3-10,18H,2,11H2,1H3,(H,17,19). The molecule has 1 amide bonds. The molecule has 4 nitrogen and oxygen atoms in total. The van der Waals surface area contributed by atoms with Crippen LogP contribution in [-0.4, -0.2) is 17.4 Å². The number of benzene rings is 1. The van der Waals surface area contributed by atoms with E-state index in [0.717, 1.165) is 11.3 Å². The minimum Gasteiger partial charge on any atom is -0.380 e. The Morgan fingerprint density at radius 3 is 2.63 bits per heavy atom. The Morgan fingerprint density at radius 2 is 1.89 bits per heavy atom. The van der Waals surface area contributed by atoms with Crippen molar-refractivity contribution in [1.29, 1.82) is 0 Å². The number of aromatic nitrogens is 1. The third kappa shape index (κ3) is 3.55. The molecule has 2 N–H and O–H groups in total. The highest BCUT2D eigenvalue weighted by Gasteiger charge is 2.09.